The molecule has 78 valence electrons. The Morgan fingerprint density at radius 3 is 2.93 bits per heavy atom. The second kappa shape index (κ2) is 3.21. The van der Waals surface area contributed by atoms with Crippen LogP contribution >= 0.6 is 0 Å². The minimum Gasteiger partial charge on any atom is -0.302 e. The van der Waals surface area contributed by atoms with Crippen LogP contribution in [0.2, 0.25) is 0 Å². The van der Waals surface area contributed by atoms with Gasteiger partial charge in [0.1, 0.15) is 0 Å². The van der Waals surface area contributed by atoms with Gasteiger partial charge >= 0.3 is 0 Å². The highest BCUT2D eigenvalue weighted by atomic mass is 15.1. The van der Waals surface area contributed by atoms with Gasteiger partial charge in [0.2, 0.25) is 0 Å². The molecule has 1 aliphatic heterocycles. The zero-order valence-electron chi connectivity index (χ0n) is 9.46. The molecule has 1 saturated heterocycles. The van der Waals surface area contributed by atoms with E-state index >= 15 is 0 Å². The van der Waals surface area contributed by atoms with Crippen LogP contribution in [0.1, 0.15) is 18.1 Å². The van der Waals surface area contributed by atoms with Crippen molar-refractivity contribution in [3.8, 4) is 0 Å². The molecule has 1 aromatic rings. The van der Waals surface area contributed by atoms with Crippen LogP contribution in [0.15, 0.2) is 29.8 Å². The highest BCUT2D eigenvalue weighted by Crippen LogP contribution is 2.38. The Hall–Kier alpha value is -1.08. The number of rotatable bonds is 0. The van der Waals surface area contributed by atoms with Crippen LogP contribution in [0.4, 0.5) is 0 Å². The van der Waals surface area contributed by atoms with Crippen molar-refractivity contribution in [3.63, 3.8) is 0 Å². The molecule has 15 heavy (non-hydrogen) atoms. The lowest BCUT2D eigenvalue weighted by molar-refractivity contribution is 0.394. The quantitative estimate of drug-likeness (QED) is 0.620. The van der Waals surface area contributed by atoms with Crippen LogP contribution in [0.3, 0.4) is 0 Å². The standard InChI is InChI=1S/C14H17N/c1-10-13-6-4-3-5-11(13)7-12-8-15(2)9-14(10)12/h3-6,12H,7-9H2,1-2H3. The first kappa shape index (κ1) is 9.17. The zero-order valence-corrected chi connectivity index (χ0v) is 9.46. The van der Waals surface area contributed by atoms with E-state index in [9.17, 15) is 0 Å². The molecule has 2 aliphatic rings. The van der Waals surface area contributed by atoms with Crippen molar-refractivity contribution in [3.05, 3.63) is 41.0 Å². The van der Waals surface area contributed by atoms with Crippen LogP contribution in [0, 0.1) is 5.92 Å². The summed E-state index contributed by atoms with van der Waals surface area (Å²) < 4.78 is 0. The largest absolute Gasteiger partial charge is 0.302 e. The van der Waals surface area contributed by atoms with Crippen molar-refractivity contribution in [1.82, 2.24) is 4.90 Å². The molecule has 1 heteroatoms. The third-order valence-corrected chi connectivity index (χ3v) is 3.83. The van der Waals surface area contributed by atoms with Gasteiger partial charge in [0.05, 0.1) is 0 Å². The lowest BCUT2D eigenvalue weighted by Gasteiger charge is -2.23. The SMILES string of the molecule is CC1=C2CN(C)CC2Cc2ccccc21. The molecule has 0 aromatic heterocycles. The van der Waals surface area contributed by atoms with Crippen LogP contribution in [0.5, 0.6) is 0 Å². The van der Waals surface area contributed by atoms with Gasteiger partial charge < -0.3 is 4.90 Å². The normalized spacial score (nSPS) is 25.3. The molecule has 1 heterocycles. The summed E-state index contributed by atoms with van der Waals surface area (Å²) in [6.45, 7) is 4.70. The average molecular weight is 199 g/mol. The van der Waals surface area contributed by atoms with Crippen LogP contribution in [0.25, 0.3) is 5.57 Å². The molecule has 0 amide bonds. The maximum atomic E-state index is 2.44. The van der Waals surface area contributed by atoms with Crippen LogP contribution < -0.4 is 0 Å². The molecule has 0 spiro atoms. The lowest BCUT2D eigenvalue weighted by Crippen LogP contribution is -2.16. The summed E-state index contributed by atoms with van der Waals surface area (Å²) in [5, 5.41) is 0. The van der Waals surface area contributed by atoms with Crippen molar-refractivity contribution >= 4 is 5.57 Å². The van der Waals surface area contributed by atoms with Gasteiger partial charge in [0.25, 0.3) is 0 Å². The second-order valence-corrected chi connectivity index (χ2v) is 4.91. The van der Waals surface area contributed by atoms with Crippen molar-refractivity contribution in [2.24, 2.45) is 5.92 Å². The molecular formula is C14H17N. The summed E-state index contributed by atoms with van der Waals surface area (Å²) in [6, 6.07) is 8.87. The number of hydrogen-bond donors (Lipinski definition) is 0. The average Bonchev–Trinajstić information content (AvgIpc) is 2.59. The smallest absolute Gasteiger partial charge is 0.0199 e. The fourth-order valence-electron chi connectivity index (χ4n) is 3.09. The molecule has 1 nitrogen and oxygen atoms in total. The summed E-state index contributed by atoms with van der Waals surface area (Å²) in [7, 11) is 2.23. The second-order valence-electron chi connectivity index (χ2n) is 4.91. The van der Waals surface area contributed by atoms with E-state index < -0.39 is 0 Å². The molecule has 1 aliphatic carbocycles. The van der Waals surface area contributed by atoms with E-state index in [1.165, 1.54) is 30.6 Å². The molecular weight excluding hydrogens is 182 g/mol. The summed E-state index contributed by atoms with van der Waals surface area (Å²) in [5.74, 6) is 0.782. The Morgan fingerprint density at radius 2 is 2.07 bits per heavy atom. The van der Waals surface area contributed by atoms with Crippen molar-refractivity contribution < 1.29 is 0 Å². The number of likely N-dealkylation sites (tertiary alicyclic amines) is 1. The molecule has 0 bridgehead atoms. The predicted octanol–water partition coefficient (Wildman–Crippen LogP) is 2.58. The first-order chi connectivity index (χ1) is 7.25. The fraction of sp³-hybridized carbons (Fsp3) is 0.429. The minimum absolute atomic E-state index is 0.782. The molecule has 1 atom stereocenters. The van der Waals surface area contributed by atoms with E-state index in [4.69, 9.17) is 0 Å². The predicted molar refractivity (Wildman–Crippen MR) is 63.7 cm³/mol. The summed E-state index contributed by atoms with van der Waals surface area (Å²) >= 11 is 0. The van der Waals surface area contributed by atoms with E-state index in [2.05, 4.69) is 43.1 Å². The molecule has 0 saturated carbocycles. The summed E-state index contributed by atoms with van der Waals surface area (Å²) in [4.78, 5) is 2.44. The fourth-order valence-corrected chi connectivity index (χ4v) is 3.09. The van der Waals surface area contributed by atoms with Gasteiger partial charge in [0.15, 0.2) is 0 Å². The summed E-state index contributed by atoms with van der Waals surface area (Å²) in [6.07, 6.45) is 1.24. The van der Waals surface area contributed by atoms with Crippen molar-refractivity contribution in [2.45, 2.75) is 13.3 Å². The van der Waals surface area contributed by atoms with Gasteiger partial charge in [-0.15, -0.1) is 0 Å². The Morgan fingerprint density at radius 1 is 1.27 bits per heavy atom. The Kier molecular flexibility index (Phi) is 1.96. The van der Waals surface area contributed by atoms with Crippen molar-refractivity contribution in [1.29, 1.82) is 0 Å². The monoisotopic (exact) mass is 199 g/mol. The molecule has 3 rings (SSSR count). The third-order valence-electron chi connectivity index (χ3n) is 3.83. The van der Waals surface area contributed by atoms with E-state index in [1.54, 1.807) is 11.1 Å². The number of likely N-dealkylation sites (N-methyl/N-ethyl adjacent to an activating group) is 1. The van der Waals surface area contributed by atoms with E-state index in [1.807, 2.05) is 0 Å². The Bertz CT molecular complexity index is 431. The molecule has 1 aromatic carbocycles. The Balaban J connectivity index is 2.12. The van der Waals surface area contributed by atoms with Crippen LogP contribution in [-0.4, -0.2) is 25.0 Å². The zero-order chi connectivity index (χ0) is 10.4. The molecule has 0 radical (unpaired) electrons. The number of hydrogen-bond acceptors (Lipinski definition) is 1. The van der Waals surface area contributed by atoms with E-state index in [-0.39, 0.29) is 0 Å². The first-order valence-electron chi connectivity index (χ1n) is 5.72. The maximum Gasteiger partial charge on any atom is 0.0199 e. The Labute approximate surface area is 91.4 Å². The van der Waals surface area contributed by atoms with Gasteiger partial charge in [0, 0.05) is 13.1 Å². The van der Waals surface area contributed by atoms with Gasteiger partial charge in [-0.25, -0.2) is 0 Å². The number of allylic oxidation sites excluding steroid dienone is 1. The van der Waals surface area contributed by atoms with Gasteiger partial charge in [-0.05, 0) is 48.6 Å². The summed E-state index contributed by atoms with van der Waals surface area (Å²) in [5.41, 5.74) is 6.24. The first-order valence-corrected chi connectivity index (χ1v) is 5.72. The van der Waals surface area contributed by atoms with Gasteiger partial charge in [-0.1, -0.05) is 24.3 Å². The number of nitrogens with zero attached hydrogens (tertiary/aromatic N) is 1. The highest BCUT2D eigenvalue weighted by Gasteiger charge is 2.31. The van der Waals surface area contributed by atoms with Crippen molar-refractivity contribution in [2.75, 3.05) is 20.1 Å². The maximum absolute atomic E-state index is 2.44. The number of fused-ring (bicyclic) bond motifs is 2. The topological polar surface area (TPSA) is 3.24 Å². The van der Waals surface area contributed by atoms with Gasteiger partial charge in [-0.2, -0.15) is 0 Å². The van der Waals surface area contributed by atoms with E-state index in [0.29, 0.717) is 0 Å². The molecule has 1 unspecified atom stereocenters. The lowest BCUT2D eigenvalue weighted by atomic mass is 9.81. The van der Waals surface area contributed by atoms with E-state index in [0.717, 1.165) is 5.92 Å². The highest BCUT2D eigenvalue weighted by molar-refractivity contribution is 5.73. The van der Waals surface area contributed by atoms with Crippen LogP contribution in [-0.2, 0) is 6.42 Å². The molecule has 1 fully saturated rings. The van der Waals surface area contributed by atoms with Gasteiger partial charge in [-0.3, -0.25) is 0 Å². The minimum atomic E-state index is 0.782. The third kappa shape index (κ3) is 1.34. The number of benzene rings is 1. The molecule has 0 N–H and O–H groups in total.